The van der Waals surface area contributed by atoms with Crippen molar-refractivity contribution in [3.63, 3.8) is 0 Å². The van der Waals surface area contributed by atoms with Gasteiger partial charge >= 0.3 is 5.97 Å². The van der Waals surface area contributed by atoms with E-state index in [0.717, 1.165) is 5.69 Å². The lowest BCUT2D eigenvalue weighted by Crippen LogP contribution is -2.49. The molecule has 0 aliphatic carbocycles. The summed E-state index contributed by atoms with van der Waals surface area (Å²) >= 11 is 17.8. The Balaban J connectivity index is 1.50. The molecule has 0 N–H and O–H groups in total. The largest absolute Gasteiger partial charge is 0.452 e. The van der Waals surface area contributed by atoms with Gasteiger partial charge in [-0.1, -0.05) is 40.9 Å². The molecular weight excluding hydrogens is 411 g/mol. The Morgan fingerprint density at radius 3 is 2.30 bits per heavy atom. The van der Waals surface area contributed by atoms with Gasteiger partial charge in [-0.3, -0.25) is 4.79 Å². The lowest BCUT2D eigenvalue weighted by Gasteiger charge is -2.36. The number of carbonyl (C=O) groups is 2. The summed E-state index contributed by atoms with van der Waals surface area (Å²) < 4.78 is 5.10. The van der Waals surface area contributed by atoms with E-state index < -0.39 is 5.97 Å². The first-order valence-electron chi connectivity index (χ1n) is 8.34. The standard InChI is InChI=1S/C19H17Cl3N2O3/c20-13-2-1-3-15(10-13)23-6-8-24(9-7-23)18(25)12-27-19(26)16-5-4-14(21)11-17(16)22/h1-5,10-11H,6-9,12H2. The smallest absolute Gasteiger partial charge is 0.340 e. The number of ether oxygens (including phenoxy) is 1. The van der Waals surface area contributed by atoms with Crippen LogP contribution in [0.1, 0.15) is 10.4 Å². The van der Waals surface area contributed by atoms with Gasteiger partial charge < -0.3 is 14.5 Å². The predicted octanol–water partition coefficient (Wildman–Crippen LogP) is 4.15. The number of anilines is 1. The number of esters is 1. The molecule has 8 heteroatoms. The molecular formula is C19H17Cl3N2O3. The van der Waals surface area contributed by atoms with E-state index in [1.54, 1.807) is 11.0 Å². The Morgan fingerprint density at radius 2 is 1.63 bits per heavy atom. The Kier molecular flexibility index (Phi) is 6.47. The van der Waals surface area contributed by atoms with Crippen LogP contribution in [-0.2, 0) is 9.53 Å². The molecule has 0 saturated carbocycles. The predicted molar refractivity (Wildman–Crippen MR) is 107 cm³/mol. The molecule has 0 spiro atoms. The van der Waals surface area contributed by atoms with E-state index in [1.165, 1.54) is 12.1 Å². The SMILES string of the molecule is O=C(OCC(=O)N1CCN(c2cccc(Cl)c2)CC1)c1ccc(Cl)cc1Cl. The third-order valence-electron chi connectivity index (χ3n) is 4.28. The summed E-state index contributed by atoms with van der Waals surface area (Å²) in [5.41, 5.74) is 1.21. The van der Waals surface area contributed by atoms with Crippen molar-refractivity contribution < 1.29 is 14.3 Å². The minimum atomic E-state index is -0.650. The van der Waals surface area contributed by atoms with Gasteiger partial charge in [0.25, 0.3) is 5.91 Å². The third-order valence-corrected chi connectivity index (χ3v) is 5.07. The number of nitrogens with zero attached hydrogens (tertiary/aromatic N) is 2. The van der Waals surface area contributed by atoms with E-state index in [4.69, 9.17) is 39.5 Å². The molecule has 5 nitrogen and oxygen atoms in total. The van der Waals surface area contributed by atoms with E-state index in [0.29, 0.717) is 36.2 Å². The summed E-state index contributed by atoms with van der Waals surface area (Å²) in [6, 6.07) is 12.1. The number of amides is 1. The van der Waals surface area contributed by atoms with Crippen LogP contribution in [0.5, 0.6) is 0 Å². The van der Waals surface area contributed by atoms with Crippen LogP contribution in [0.15, 0.2) is 42.5 Å². The zero-order valence-corrected chi connectivity index (χ0v) is 16.6. The van der Waals surface area contributed by atoms with Crippen LogP contribution in [-0.4, -0.2) is 49.6 Å². The molecule has 1 aliphatic heterocycles. The Labute approximate surface area is 172 Å². The molecule has 1 amide bonds. The number of benzene rings is 2. The topological polar surface area (TPSA) is 49.9 Å². The van der Waals surface area contributed by atoms with Gasteiger partial charge in [0.1, 0.15) is 0 Å². The first-order chi connectivity index (χ1) is 12.9. The van der Waals surface area contributed by atoms with Crippen molar-refractivity contribution in [1.29, 1.82) is 0 Å². The van der Waals surface area contributed by atoms with Crippen LogP contribution >= 0.6 is 34.8 Å². The molecule has 2 aromatic rings. The van der Waals surface area contributed by atoms with Crippen LogP contribution < -0.4 is 4.90 Å². The molecule has 1 aliphatic rings. The van der Waals surface area contributed by atoms with E-state index in [-0.39, 0.29) is 23.1 Å². The fraction of sp³-hybridized carbons (Fsp3) is 0.263. The monoisotopic (exact) mass is 426 g/mol. The van der Waals surface area contributed by atoms with Gasteiger partial charge in [-0.15, -0.1) is 0 Å². The molecule has 1 fully saturated rings. The molecule has 142 valence electrons. The van der Waals surface area contributed by atoms with Gasteiger partial charge in [0.15, 0.2) is 6.61 Å². The zero-order valence-electron chi connectivity index (χ0n) is 14.3. The molecule has 27 heavy (non-hydrogen) atoms. The summed E-state index contributed by atoms with van der Waals surface area (Å²) in [5.74, 6) is -0.887. The minimum Gasteiger partial charge on any atom is -0.452 e. The second-order valence-electron chi connectivity index (χ2n) is 6.05. The number of piperazine rings is 1. The van der Waals surface area contributed by atoms with Gasteiger partial charge in [0.05, 0.1) is 10.6 Å². The summed E-state index contributed by atoms with van der Waals surface area (Å²) in [6.07, 6.45) is 0. The highest BCUT2D eigenvalue weighted by molar-refractivity contribution is 6.36. The molecule has 0 atom stereocenters. The molecule has 0 unspecified atom stereocenters. The number of carbonyl (C=O) groups excluding carboxylic acids is 2. The Morgan fingerprint density at radius 1 is 0.926 bits per heavy atom. The molecule has 2 aromatic carbocycles. The Bertz CT molecular complexity index is 852. The van der Waals surface area contributed by atoms with Crippen molar-refractivity contribution >= 4 is 52.4 Å². The van der Waals surface area contributed by atoms with Crippen molar-refractivity contribution in [2.24, 2.45) is 0 Å². The average molecular weight is 428 g/mol. The van der Waals surface area contributed by atoms with E-state index in [2.05, 4.69) is 4.90 Å². The quantitative estimate of drug-likeness (QED) is 0.688. The van der Waals surface area contributed by atoms with Crippen molar-refractivity contribution in [3.8, 4) is 0 Å². The maximum absolute atomic E-state index is 12.3. The molecule has 0 aromatic heterocycles. The van der Waals surface area contributed by atoms with Crippen molar-refractivity contribution in [1.82, 2.24) is 4.90 Å². The molecule has 0 bridgehead atoms. The number of hydrogen-bond donors (Lipinski definition) is 0. The van der Waals surface area contributed by atoms with Crippen LogP contribution in [0, 0.1) is 0 Å². The van der Waals surface area contributed by atoms with E-state index in [9.17, 15) is 9.59 Å². The molecule has 1 saturated heterocycles. The van der Waals surface area contributed by atoms with E-state index >= 15 is 0 Å². The summed E-state index contributed by atoms with van der Waals surface area (Å²) in [6.45, 7) is 2.14. The van der Waals surface area contributed by atoms with Gasteiger partial charge in [-0.05, 0) is 36.4 Å². The first-order valence-corrected chi connectivity index (χ1v) is 9.48. The molecule has 0 radical (unpaired) electrons. The van der Waals surface area contributed by atoms with Gasteiger partial charge in [0.2, 0.25) is 0 Å². The van der Waals surface area contributed by atoms with Crippen molar-refractivity contribution in [3.05, 3.63) is 63.1 Å². The fourth-order valence-corrected chi connectivity index (χ4v) is 3.51. The van der Waals surface area contributed by atoms with Crippen LogP contribution in [0.4, 0.5) is 5.69 Å². The fourth-order valence-electron chi connectivity index (χ4n) is 2.84. The molecule has 3 rings (SSSR count). The highest BCUT2D eigenvalue weighted by Gasteiger charge is 2.23. The maximum Gasteiger partial charge on any atom is 0.340 e. The van der Waals surface area contributed by atoms with Crippen LogP contribution in [0.3, 0.4) is 0 Å². The Hall–Kier alpha value is -1.95. The number of hydrogen-bond acceptors (Lipinski definition) is 4. The van der Waals surface area contributed by atoms with E-state index in [1.807, 2.05) is 24.3 Å². The second-order valence-corrected chi connectivity index (χ2v) is 7.33. The van der Waals surface area contributed by atoms with Crippen LogP contribution in [0.2, 0.25) is 15.1 Å². The normalized spacial score (nSPS) is 14.2. The number of rotatable bonds is 4. The second kappa shape index (κ2) is 8.83. The lowest BCUT2D eigenvalue weighted by atomic mass is 10.2. The third kappa shape index (κ3) is 5.06. The maximum atomic E-state index is 12.3. The molecule has 1 heterocycles. The highest BCUT2D eigenvalue weighted by Crippen LogP contribution is 2.22. The first kappa shape index (κ1) is 19.8. The lowest BCUT2D eigenvalue weighted by molar-refractivity contribution is -0.134. The van der Waals surface area contributed by atoms with Gasteiger partial charge in [0, 0.05) is 41.9 Å². The summed E-state index contributed by atoms with van der Waals surface area (Å²) in [7, 11) is 0. The van der Waals surface area contributed by atoms with Crippen LogP contribution in [0.25, 0.3) is 0 Å². The number of halogens is 3. The van der Waals surface area contributed by atoms with Gasteiger partial charge in [-0.2, -0.15) is 0 Å². The summed E-state index contributed by atoms with van der Waals surface area (Å²) in [5, 5.41) is 1.29. The summed E-state index contributed by atoms with van der Waals surface area (Å²) in [4.78, 5) is 28.3. The van der Waals surface area contributed by atoms with Gasteiger partial charge in [-0.25, -0.2) is 4.79 Å². The highest BCUT2D eigenvalue weighted by atomic mass is 35.5. The minimum absolute atomic E-state index is 0.180. The van der Waals surface area contributed by atoms with Crippen molar-refractivity contribution in [2.75, 3.05) is 37.7 Å². The zero-order chi connectivity index (χ0) is 19.4. The average Bonchev–Trinajstić information content (AvgIpc) is 2.66. The van der Waals surface area contributed by atoms with Crippen molar-refractivity contribution in [2.45, 2.75) is 0 Å².